The third kappa shape index (κ3) is 11.4. The predicted molar refractivity (Wildman–Crippen MR) is 187 cm³/mol. The van der Waals surface area contributed by atoms with E-state index in [9.17, 15) is 24.4 Å². The van der Waals surface area contributed by atoms with E-state index in [0.29, 0.717) is 46.3 Å². The number of benzene rings is 3. The maximum absolute atomic E-state index is 14.0. The SMILES string of the molecule is COc1ccc(CC(NC(=O)Cc2cccc(Oc3ccccc3)c2)C(=O)N[C@H](C(=O)N[C@@H](CC(C)C)B(O)O)C(C)C)c(OC)c1OC. The van der Waals surface area contributed by atoms with Crippen molar-refractivity contribution in [3.05, 3.63) is 77.9 Å². The van der Waals surface area contributed by atoms with Crippen LogP contribution in [0.2, 0.25) is 0 Å². The fraction of sp³-hybridized carbons (Fsp3) is 0.417. The Labute approximate surface area is 288 Å². The van der Waals surface area contributed by atoms with Gasteiger partial charge in [0.15, 0.2) is 11.5 Å². The van der Waals surface area contributed by atoms with E-state index in [1.807, 2.05) is 44.2 Å². The zero-order chi connectivity index (χ0) is 36.1. The number of carbonyl (C=O) groups is 3. The molecular formula is C36H48BN3O9. The molecule has 0 aliphatic rings. The monoisotopic (exact) mass is 677 g/mol. The van der Waals surface area contributed by atoms with Crippen LogP contribution in [-0.4, -0.2) is 74.2 Å². The third-order valence-electron chi connectivity index (χ3n) is 7.76. The molecule has 49 heavy (non-hydrogen) atoms. The van der Waals surface area contributed by atoms with Crippen molar-refractivity contribution in [2.45, 2.75) is 65.0 Å². The topological polar surface area (TPSA) is 165 Å². The zero-order valence-electron chi connectivity index (χ0n) is 29.2. The van der Waals surface area contributed by atoms with E-state index >= 15 is 0 Å². The van der Waals surface area contributed by atoms with E-state index in [0.717, 1.165) is 0 Å². The molecule has 12 nitrogen and oxygen atoms in total. The molecule has 0 saturated carbocycles. The third-order valence-corrected chi connectivity index (χ3v) is 7.76. The summed E-state index contributed by atoms with van der Waals surface area (Å²) in [5.41, 5.74) is 1.21. The summed E-state index contributed by atoms with van der Waals surface area (Å²) >= 11 is 0. The number of nitrogens with one attached hydrogen (secondary N) is 3. The number of ether oxygens (including phenoxy) is 4. The summed E-state index contributed by atoms with van der Waals surface area (Å²) < 4.78 is 22.5. The first-order valence-electron chi connectivity index (χ1n) is 16.2. The van der Waals surface area contributed by atoms with Gasteiger partial charge in [-0.15, -0.1) is 0 Å². The molecule has 264 valence electrons. The van der Waals surface area contributed by atoms with Gasteiger partial charge in [-0.05, 0) is 54.2 Å². The maximum Gasteiger partial charge on any atom is 0.475 e. The Kier molecular flexibility index (Phi) is 14.8. The molecule has 0 fully saturated rings. The van der Waals surface area contributed by atoms with Gasteiger partial charge in [0.05, 0.1) is 33.7 Å². The first-order valence-corrected chi connectivity index (χ1v) is 16.2. The molecule has 0 spiro atoms. The lowest BCUT2D eigenvalue weighted by molar-refractivity contribution is -0.132. The van der Waals surface area contributed by atoms with E-state index in [2.05, 4.69) is 16.0 Å². The number of amides is 3. The van der Waals surface area contributed by atoms with Gasteiger partial charge >= 0.3 is 7.12 Å². The molecule has 3 aromatic carbocycles. The minimum atomic E-state index is -1.78. The Bertz CT molecular complexity index is 1540. The van der Waals surface area contributed by atoms with Crippen LogP contribution in [0.3, 0.4) is 0 Å². The summed E-state index contributed by atoms with van der Waals surface area (Å²) in [6.07, 6.45) is 0.242. The van der Waals surface area contributed by atoms with E-state index in [1.54, 1.807) is 50.2 Å². The first kappa shape index (κ1) is 38.7. The van der Waals surface area contributed by atoms with Crippen LogP contribution in [0.15, 0.2) is 66.7 Å². The van der Waals surface area contributed by atoms with Gasteiger partial charge in [-0.2, -0.15) is 0 Å². The molecule has 0 aliphatic carbocycles. The van der Waals surface area contributed by atoms with Gasteiger partial charge in [-0.3, -0.25) is 14.4 Å². The van der Waals surface area contributed by atoms with Crippen molar-refractivity contribution >= 4 is 24.8 Å². The fourth-order valence-electron chi connectivity index (χ4n) is 5.35. The van der Waals surface area contributed by atoms with Crippen molar-refractivity contribution in [3.8, 4) is 28.7 Å². The lowest BCUT2D eigenvalue weighted by atomic mass is 9.75. The van der Waals surface area contributed by atoms with E-state index in [-0.39, 0.29) is 24.7 Å². The summed E-state index contributed by atoms with van der Waals surface area (Å²) in [6, 6.07) is 17.5. The summed E-state index contributed by atoms with van der Waals surface area (Å²) in [5, 5.41) is 28.0. The van der Waals surface area contributed by atoms with Crippen LogP contribution in [0.1, 0.15) is 45.2 Å². The van der Waals surface area contributed by atoms with Crippen molar-refractivity contribution in [2.24, 2.45) is 11.8 Å². The van der Waals surface area contributed by atoms with Crippen molar-refractivity contribution in [1.82, 2.24) is 16.0 Å². The molecule has 13 heteroatoms. The molecule has 0 radical (unpaired) electrons. The molecular weight excluding hydrogens is 629 g/mol. The smallest absolute Gasteiger partial charge is 0.475 e. The Balaban J connectivity index is 1.88. The van der Waals surface area contributed by atoms with Crippen LogP contribution >= 0.6 is 0 Å². The number of carbonyl (C=O) groups excluding carboxylic acids is 3. The molecule has 3 amide bonds. The Morgan fingerprint density at radius 3 is 2.02 bits per heavy atom. The zero-order valence-corrected chi connectivity index (χ0v) is 29.2. The van der Waals surface area contributed by atoms with E-state index in [1.165, 1.54) is 21.3 Å². The van der Waals surface area contributed by atoms with E-state index < -0.39 is 42.9 Å². The van der Waals surface area contributed by atoms with Crippen molar-refractivity contribution < 1.29 is 43.4 Å². The molecule has 3 rings (SSSR count). The predicted octanol–water partition coefficient (Wildman–Crippen LogP) is 3.46. The number of methoxy groups -OCH3 is 3. The lowest BCUT2D eigenvalue weighted by Gasteiger charge is -2.28. The van der Waals surface area contributed by atoms with Crippen LogP contribution in [0.5, 0.6) is 28.7 Å². The number of rotatable bonds is 18. The molecule has 5 N–H and O–H groups in total. The van der Waals surface area contributed by atoms with Crippen LogP contribution in [0.25, 0.3) is 0 Å². The highest BCUT2D eigenvalue weighted by atomic mass is 16.5. The fourth-order valence-corrected chi connectivity index (χ4v) is 5.35. The van der Waals surface area contributed by atoms with Gasteiger partial charge in [0.25, 0.3) is 0 Å². The Morgan fingerprint density at radius 2 is 1.43 bits per heavy atom. The minimum absolute atomic E-state index is 0.0178. The molecule has 0 saturated heterocycles. The Hall–Kier alpha value is -4.75. The molecule has 0 aliphatic heterocycles. The summed E-state index contributed by atoms with van der Waals surface area (Å²) in [4.78, 5) is 40.8. The van der Waals surface area contributed by atoms with Gasteiger partial charge in [0, 0.05) is 12.0 Å². The number of hydrogen-bond acceptors (Lipinski definition) is 9. The molecule has 1 unspecified atom stereocenters. The van der Waals surface area contributed by atoms with Gasteiger partial charge in [0.2, 0.25) is 23.5 Å². The second kappa shape index (κ2) is 18.7. The van der Waals surface area contributed by atoms with Crippen LogP contribution in [-0.2, 0) is 27.2 Å². The van der Waals surface area contributed by atoms with Crippen LogP contribution < -0.4 is 34.9 Å². The Morgan fingerprint density at radius 1 is 0.755 bits per heavy atom. The lowest BCUT2D eigenvalue weighted by Crippen LogP contribution is -2.59. The highest BCUT2D eigenvalue weighted by molar-refractivity contribution is 6.43. The average Bonchev–Trinajstić information content (AvgIpc) is 3.06. The second-order valence-electron chi connectivity index (χ2n) is 12.4. The van der Waals surface area contributed by atoms with Crippen molar-refractivity contribution in [3.63, 3.8) is 0 Å². The van der Waals surface area contributed by atoms with Crippen molar-refractivity contribution in [2.75, 3.05) is 21.3 Å². The summed E-state index contributed by atoms with van der Waals surface area (Å²) in [7, 11) is 2.64. The molecule has 0 heterocycles. The number of hydrogen-bond donors (Lipinski definition) is 5. The highest BCUT2D eigenvalue weighted by Crippen LogP contribution is 2.40. The van der Waals surface area contributed by atoms with Crippen LogP contribution in [0.4, 0.5) is 0 Å². The summed E-state index contributed by atoms with van der Waals surface area (Å²) in [6.45, 7) is 7.30. The van der Waals surface area contributed by atoms with Gasteiger partial charge in [0.1, 0.15) is 23.6 Å². The standard InChI is InChI=1S/C36H48BN3O9/c1-22(2)18-30(37(44)45)39-36(43)32(23(3)4)40-35(42)28(21-25-16-17-29(46-5)34(48-7)33(25)47-6)38-31(41)20-24-12-11-15-27(19-24)49-26-13-9-8-10-14-26/h8-17,19,22-23,28,30,32,44-45H,18,20-21H2,1-7H3,(H,38,41)(H,39,43)(H,40,42)/t28?,30-,32-/m0/s1. The summed E-state index contributed by atoms with van der Waals surface area (Å²) in [5.74, 6) is -0.609. The van der Waals surface area contributed by atoms with Gasteiger partial charge < -0.3 is 44.9 Å². The number of para-hydroxylation sites is 1. The van der Waals surface area contributed by atoms with Gasteiger partial charge in [-0.1, -0.05) is 64.1 Å². The average molecular weight is 678 g/mol. The molecule has 3 atom stereocenters. The van der Waals surface area contributed by atoms with Crippen LogP contribution in [0, 0.1) is 11.8 Å². The highest BCUT2D eigenvalue weighted by Gasteiger charge is 2.33. The maximum atomic E-state index is 14.0. The molecule has 0 bridgehead atoms. The minimum Gasteiger partial charge on any atom is -0.493 e. The second-order valence-corrected chi connectivity index (χ2v) is 12.4. The largest absolute Gasteiger partial charge is 0.493 e. The molecule has 0 aromatic heterocycles. The van der Waals surface area contributed by atoms with Crippen molar-refractivity contribution in [1.29, 1.82) is 0 Å². The first-order chi connectivity index (χ1) is 23.4. The normalized spacial score (nSPS) is 12.8. The van der Waals surface area contributed by atoms with Gasteiger partial charge in [-0.25, -0.2) is 0 Å². The molecule has 3 aromatic rings. The van der Waals surface area contributed by atoms with E-state index in [4.69, 9.17) is 18.9 Å². The quantitative estimate of drug-likeness (QED) is 0.127.